The van der Waals surface area contributed by atoms with E-state index in [1.54, 1.807) is 24.3 Å². The van der Waals surface area contributed by atoms with Crippen LogP contribution in [-0.2, 0) is 30.4 Å². The number of benzene rings is 1. The number of Topliss-reactive ketones (excluding diaryl/α,β-unsaturated/α-hetero) is 1. The Balaban J connectivity index is 2.80. The predicted octanol–water partition coefficient (Wildman–Crippen LogP) is 5.96. The molecule has 1 rings (SSSR count). The lowest BCUT2D eigenvalue weighted by Crippen LogP contribution is -2.55. The summed E-state index contributed by atoms with van der Waals surface area (Å²) in [5, 5.41) is 42.1. The summed E-state index contributed by atoms with van der Waals surface area (Å²) in [5.74, 6) is -6.48. The van der Waals surface area contributed by atoms with Crippen LogP contribution in [0.2, 0.25) is 0 Å². The summed E-state index contributed by atoms with van der Waals surface area (Å²) < 4.78 is 5.68. The first kappa shape index (κ1) is 41.3. The summed E-state index contributed by atoms with van der Waals surface area (Å²) in [6.07, 6.45) is 12.3. The van der Waals surface area contributed by atoms with Gasteiger partial charge >= 0.3 is 17.9 Å². The molecule has 0 saturated carbocycles. The van der Waals surface area contributed by atoms with Crippen molar-refractivity contribution in [1.29, 1.82) is 0 Å². The molecule has 0 aromatic heterocycles. The lowest BCUT2D eigenvalue weighted by molar-refractivity contribution is -0.172. The highest BCUT2D eigenvalue weighted by molar-refractivity contribution is 5.94. The monoisotopic (exact) mass is 661 g/mol. The number of rotatable bonds is 27. The molecule has 0 unspecified atom stereocenters. The van der Waals surface area contributed by atoms with Gasteiger partial charge in [-0.3, -0.25) is 14.4 Å². The number of ketones is 1. The van der Waals surface area contributed by atoms with Crippen LogP contribution in [0.15, 0.2) is 36.4 Å². The van der Waals surface area contributed by atoms with Crippen LogP contribution in [0.3, 0.4) is 0 Å². The molecule has 1 amide bonds. The van der Waals surface area contributed by atoms with E-state index >= 15 is 0 Å². The van der Waals surface area contributed by atoms with E-state index in [0.717, 1.165) is 63.9 Å². The van der Waals surface area contributed by atoms with E-state index in [1.807, 2.05) is 0 Å². The van der Waals surface area contributed by atoms with Crippen molar-refractivity contribution in [3.05, 3.63) is 42.0 Å². The number of carbonyl (C=O) groups is 5. The van der Waals surface area contributed by atoms with Crippen molar-refractivity contribution in [2.75, 3.05) is 6.61 Å². The molecule has 0 radical (unpaired) electrons. The maximum Gasteiger partial charge on any atom is 0.337 e. The standard InChI is InChI=1S/C36H55NO10/c1-4-5-12-15-28(38)16-13-10-8-6-7-9-11-14-17-30(36(46,35(44)45)25-32(39)40)33(41)37-31(34(42)43)24-27-18-20-29(21-19-27)47-23-22-26(2)3/h14,17-21,26,30-31,46H,4-13,15-16,22-25H2,1-3H3,(H,37,41)(H,39,40)(H,42,43)(H,44,45)/b17-14+/t30-,31+,36+/m1/s1. The van der Waals surface area contributed by atoms with Crippen LogP contribution >= 0.6 is 0 Å². The maximum absolute atomic E-state index is 13.3. The van der Waals surface area contributed by atoms with E-state index in [2.05, 4.69) is 26.1 Å². The number of ether oxygens (including phenoxy) is 1. The van der Waals surface area contributed by atoms with E-state index in [0.29, 0.717) is 55.3 Å². The molecule has 11 nitrogen and oxygen atoms in total. The predicted molar refractivity (Wildman–Crippen MR) is 178 cm³/mol. The van der Waals surface area contributed by atoms with Crippen molar-refractivity contribution >= 4 is 29.6 Å². The average Bonchev–Trinajstić information content (AvgIpc) is 2.99. The Morgan fingerprint density at radius 2 is 1.47 bits per heavy atom. The van der Waals surface area contributed by atoms with E-state index in [9.17, 15) is 44.4 Å². The molecular formula is C36H55NO10. The molecule has 1 aromatic carbocycles. The normalized spacial score (nSPS) is 14.0. The molecule has 0 spiro atoms. The summed E-state index contributed by atoms with van der Waals surface area (Å²) in [4.78, 5) is 60.8. The number of carboxylic acids is 3. The van der Waals surface area contributed by atoms with Crippen LogP contribution in [0.4, 0.5) is 0 Å². The molecule has 1 aromatic rings. The molecule has 0 fully saturated rings. The molecule has 0 bridgehead atoms. The zero-order valence-electron chi connectivity index (χ0n) is 28.2. The summed E-state index contributed by atoms with van der Waals surface area (Å²) in [6.45, 7) is 6.80. The molecule has 5 N–H and O–H groups in total. The van der Waals surface area contributed by atoms with Crippen molar-refractivity contribution in [2.45, 2.75) is 129 Å². The van der Waals surface area contributed by atoms with Crippen LogP contribution in [0.25, 0.3) is 0 Å². The highest BCUT2D eigenvalue weighted by Gasteiger charge is 2.49. The van der Waals surface area contributed by atoms with Gasteiger partial charge in [0.1, 0.15) is 17.6 Å². The van der Waals surface area contributed by atoms with Crippen LogP contribution in [0.1, 0.15) is 116 Å². The minimum absolute atomic E-state index is 0.138. The highest BCUT2D eigenvalue weighted by Crippen LogP contribution is 2.26. The molecule has 0 aliphatic carbocycles. The quantitative estimate of drug-likeness (QED) is 0.0556. The van der Waals surface area contributed by atoms with Gasteiger partial charge in [0.25, 0.3) is 0 Å². The van der Waals surface area contributed by atoms with Crippen molar-refractivity contribution < 1.29 is 49.1 Å². The Morgan fingerprint density at radius 3 is 2.02 bits per heavy atom. The van der Waals surface area contributed by atoms with Crippen molar-refractivity contribution in [2.24, 2.45) is 11.8 Å². The van der Waals surface area contributed by atoms with Crippen LogP contribution in [0, 0.1) is 11.8 Å². The number of amides is 1. The van der Waals surface area contributed by atoms with E-state index in [1.165, 1.54) is 6.08 Å². The van der Waals surface area contributed by atoms with Gasteiger partial charge in [-0.2, -0.15) is 0 Å². The lowest BCUT2D eigenvalue weighted by atomic mass is 9.82. The first-order chi connectivity index (χ1) is 22.3. The number of allylic oxidation sites excluding steroid dienone is 1. The summed E-state index contributed by atoms with van der Waals surface area (Å²) in [6, 6.07) is 5.23. The van der Waals surface area contributed by atoms with Gasteiger partial charge in [-0.25, -0.2) is 9.59 Å². The van der Waals surface area contributed by atoms with E-state index < -0.39 is 47.8 Å². The molecular weight excluding hydrogens is 606 g/mol. The largest absolute Gasteiger partial charge is 0.494 e. The topological polar surface area (TPSA) is 188 Å². The van der Waals surface area contributed by atoms with Crippen LogP contribution < -0.4 is 10.1 Å². The molecule has 0 aliphatic rings. The molecule has 47 heavy (non-hydrogen) atoms. The number of aliphatic hydroxyl groups is 1. The fourth-order valence-corrected chi connectivity index (χ4v) is 5.07. The molecule has 3 atom stereocenters. The number of hydrogen-bond acceptors (Lipinski definition) is 7. The first-order valence-electron chi connectivity index (χ1n) is 16.9. The second-order valence-corrected chi connectivity index (χ2v) is 12.6. The van der Waals surface area contributed by atoms with E-state index in [-0.39, 0.29) is 6.42 Å². The van der Waals surface area contributed by atoms with E-state index in [4.69, 9.17) is 4.74 Å². The fraction of sp³-hybridized carbons (Fsp3) is 0.639. The number of carbonyl (C=O) groups excluding carboxylic acids is 2. The van der Waals surface area contributed by atoms with Gasteiger partial charge in [-0.05, 0) is 55.7 Å². The van der Waals surface area contributed by atoms with Gasteiger partial charge in [0.15, 0.2) is 5.60 Å². The third-order valence-corrected chi connectivity index (χ3v) is 7.99. The third kappa shape index (κ3) is 17.1. The highest BCUT2D eigenvalue weighted by atomic mass is 16.5. The number of aliphatic carboxylic acids is 3. The zero-order chi connectivity index (χ0) is 35.2. The van der Waals surface area contributed by atoms with Crippen molar-refractivity contribution in [1.82, 2.24) is 5.32 Å². The Hall–Kier alpha value is -3.73. The Kier molecular flexibility index (Phi) is 20.0. The van der Waals surface area contributed by atoms with Gasteiger partial charge in [-0.1, -0.05) is 83.6 Å². The Bertz CT molecular complexity index is 1150. The van der Waals surface area contributed by atoms with Gasteiger partial charge in [-0.15, -0.1) is 0 Å². The lowest BCUT2D eigenvalue weighted by Gasteiger charge is -2.29. The SMILES string of the molecule is CCCCCC(=O)CCCCCCCC/C=C/[C@H](C(=O)N[C@@H](Cc1ccc(OCCC(C)C)cc1)C(=O)O)[C@@](O)(CC(=O)O)C(=O)O. The van der Waals surface area contributed by atoms with Crippen LogP contribution in [-0.4, -0.2) is 68.3 Å². The minimum Gasteiger partial charge on any atom is -0.494 e. The molecule has 0 saturated heterocycles. The van der Waals surface area contributed by atoms with Crippen LogP contribution in [0.5, 0.6) is 5.75 Å². The fourth-order valence-electron chi connectivity index (χ4n) is 5.07. The number of nitrogens with one attached hydrogen (secondary N) is 1. The van der Waals surface area contributed by atoms with Crippen molar-refractivity contribution in [3.63, 3.8) is 0 Å². The van der Waals surface area contributed by atoms with Gasteiger partial charge in [0.2, 0.25) is 5.91 Å². The number of hydrogen-bond donors (Lipinski definition) is 5. The second-order valence-electron chi connectivity index (χ2n) is 12.6. The van der Waals surface area contributed by atoms with Gasteiger partial charge in [0.05, 0.1) is 18.9 Å². The molecule has 0 heterocycles. The number of carboxylic acid groups (broad SMARTS) is 3. The van der Waals surface area contributed by atoms with Crippen molar-refractivity contribution in [3.8, 4) is 5.75 Å². The smallest absolute Gasteiger partial charge is 0.337 e. The molecule has 264 valence electrons. The Morgan fingerprint density at radius 1 is 0.872 bits per heavy atom. The second kappa shape index (κ2) is 22.7. The van der Waals surface area contributed by atoms with Gasteiger partial charge < -0.3 is 30.5 Å². The van der Waals surface area contributed by atoms with Gasteiger partial charge in [0, 0.05) is 19.3 Å². The summed E-state index contributed by atoms with van der Waals surface area (Å²) >= 11 is 0. The number of unbranched alkanes of at least 4 members (excludes halogenated alkanes) is 8. The summed E-state index contributed by atoms with van der Waals surface area (Å²) in [5.41, 5.74) is -2.43. The summed E-state index contributed by atoms with van der Waals surface area (Å²) in [7, 11) is 0. The molecule has 0 aliphatic heterocycles. The average molecular weight is 662 g/mol. The molecule has 11 heteroatoms. The maximum atomic E-state index is 13.3. The Labute approximate surface area is 278 Å². The zero-order valence-corrected chi connectivity index (χ0v) is 28.2. The third-order valence-electron chi connectivity index (χ3n) is 7.99. The first-order valence-corrected chi connectivity index (χ1v) is 16.9. The minimum atomic E-state index is -3.00.